The van der Waals surface area contributed by atoms with Gasteiger partial charge in [-0.25, -0.2) is 0 Å². The van der Waals surface area contributed by atoms with Crippen molar-refractivity contribution >= 4 is 33.2 Å². The van der Waals surface area contributed by atoms with Gasteiger partial charge in [0.2, 0.25) is 0 Å². The Bertz CT molecular complexity index is 1020. The summed E-state index contributed by atoms with van der Waals surface area (Å²) in [6.07, 6.45) is 1.31. The topological polar surface area (TPSA) is 54.5 Å². The third-order valence-electron chi connectivity index (χ3n) is 4.60. The predicted octanol–water partition coefficient (Wildman–Crippen LogP) is 4.93. The third-order valence-corrected chi connectivity index (χ3v) is 5.49. The minimum Gasteiger partial charge on any atom is -0.497 e. The number of nitrogens with zero attached hydrogens (tertiary/aromatic N) is 2. The lowest BCUT2D eigenvalue weighted by Gasteiger charge is -2.27. The summed E-state index contributed by atoms with van der Waals surface area (Å²) in [5.74, 6) is 0.611. The number of halogens is 1. The zero-order chi connectivity index (χ0) is 19.0. The molecule has 0 spiro atoms. The van der Waals surface area contributed by atoms with E-state index in [1.165, 1.54) is 0 Å². The highest BCUT2D eigenvalue weighted by atomic mass is 79.9. The molecule has 1 aromatic heterocycles. The lowest BCUT2D eigenvalue weighted by Crippen LogP contribution is -2.32. The number of aryl methyl sites for hydroxylation is 1. The van der Waals surface area contributed by atoms with E-state index in [1.54, 1.807) is 24.3 Å². The number of benzene rings is 2. The van der Waals surface area contributed by atoms with Crippen LogP contribution in [0.1, 0.15) is 27.8 Å². The number of carbonyl (C=O) groups is 1. The zero-order valence-electron chi connectivity index (χ0n) is 14.9. The van der Waals surface area contributed by atoms with Crippen LogP contribution in [-0.4, -0.2) is 18.0 Å². The normalized spacial score (nSPS) is 15.6. The van der Waals surface area contributed by atoms with E-state index in [-0.39, 0.29) is 5.91 Å². The molecule has 2 aromatic carbocycles. The molecule has 0 radical (unpaired) electrons. The van der Waals surface area contributed by atoms with Crippen molar-refractivity contribution in [2.45, 2.75) is 13.1 Å². The minimum atomic E-state index is -0.401. The van der Waals surface area contributed by atoms with E-state index in [4.69, 9.17) is 4.74 Å². The van der Waals surface area contributed by atoms with Gasteiger partial charge in [-0.3, -0.25) is 14.7 Å². The lowest BCUT2D eigenvalue weighted by atomic mass is 10.2. The molecule has 136 valence electrons. The molecule has 1 atom stereocenters. The molecular weight excluding hydrogens is 406 g/mol. The number of methoxy groups -OCH3 is 1. The summed E-state index contributed by atoms with van der Waals surface area (Å²) in [4.78, 5) is 19.3. The number of carbonyl (C=O) groups excluding carboxylic acids is 1. The SMILES string of the molecule is COc1cccc(N2C(=O)c3cccnc3[C@H]2Nc2ccc(Br)c(C)c2)c1. The Morgan fingerprint density at radius 1 is 1.15 bits per heavy atom. The zero-order valence-corrected chi connectivity index (χ0v) is 16.5. The van der Waals surface area contributed by atoms with Crippen LogP contribution in [0.15, 0.2) is 65.3 Å². The Labute approximate surface area is 166 Å². The Balaban J connectivity index is 1.78. The minimum absolute atomic E-state index is 0.0855. The number of fused-ring (bicyclic) bond motifs is 1. The van der Waals surface area contributed by atoms with Crippen molar-refractivity contribution in [3.63, 3.8) is 0 Å². The highest BCUT2D eigenvalue weighted by molar-refractivity contribution is 9.10. The molecule has 1 amide bonds. The summed E-state index contributed by atoms with van der Waals surface area (Å²) in [5, 5.41) is 3.46. The van der Waals surface area contributed by atoms with Gasteiger partial charge in [0.15, 0.2) is 6.17 Å². The molecule has 0 unspecified atom stereocenters. The monoisotopic (exact) mass is 423 g/mol. The molecule has 3 aromatic rings. The molecule has 4 rings (SSSR count). The molecule has 27 heavy (non-hydrogen) atoms. The first-order valence-corrected chi connectivity index (χ1v) is 9.33. The maximum atomic E-state index is 13.1. The van der Waals surface area contributed by atoms with Crippen molar-refractivity contribution in [1.82, 2.24) is 4.98 Å². The van der Waals surface area contributed by atoms with Crippen LogP contribution in [0.4, 0.5) is 11.4 Å². The van der Waals surface area contributed by atoms with Crippen LogP contribution in [0.3, 0.4) is 0 Å². The van der Waals surface area contributed by atoms with E-state index in [2.05, 4.69) is 26.2 Å². The Morgan fingerprint density at radius 2 is 2.00 bits per heavy atom. The summed E-state index contributed by atoms with van der Waals surface area (Å²) < 4.78 is 6.37. The van der Waals surface area contributed by atoms with Crippen molar-refractivity contribution < 1.29 is 9.53 Å². The predicted molar refractivity (Wildman–Crippen MR) is 109 cm³/mol. The van der Waals surface area contributed by atoms with Crippen molar-refractivity contribution in [3.05, 3.63) is 82.1 Å². The molecule has 6 heteroatoms. The summed E-state index contributed by atoms with van der Waals surface area (Å²) in [5.41, 5.74) is 4.10. The molecule has 0 bridgehead atoms. The van der Waals surface area contributed by atoms with Gasteiger partial charge < -0.3 is 10.1 Å². The van der Waals surface area contributed by atoms with Gasteiger partial charge >= 0.3 is 0 Å². The van der Waals surface area contributed by atoms with Crippen LogP contribution in [0.2, 0.25) is 0 Å². The molecule has 0 saturated carbocycles. The van der Waals surface area contributed by atoms with Crippen molar-refractivity contribution in [2.75, 3.05) is 17.3 Å². The quantitative estimate of drug-likeness (QED) is 0.645. The fourth-order valence-corrected chi connectivity index (χ4v) is 3.48. The molecule has 1 N–H and O–H groups in total. The summed E-state index contributed by atoms with van der Waals surface area (Å²) in [7, 11) is 1.61. The van der Waals surface area contributed by atoms with Gasteiger partial charge in [-0.2, -0.15) is 0 Å². The lowest BCUT2D eigenvalue weighted by molar-refractivity contribution is 0.0993. The molecule has 2 heterocycles. The molecule has 0 aliphatic carbocycles. The average molecular weight is 424 g/mol. The number of amides is 1. The first-order valence-electron chi connectivity index (χ1n) is 8.53. The second-order valence-electron chi connectivity index (χ2n) is 6.32. The van der Waals surface area contributed by atoms with Gasteiger partial charge in [-0.15, -0.1) is 0 Å². The number of pyridine rings is 1. The van der Waals surface area contributed by atoms with E-state index >= 15 is 0 Å². The largest absolute Gasteiger partial charge is 0.497 e. The number of hydrogen-bond acceptors (Lipinski definition) is 4. The van der Waals surface area contributed by atoms with Gasteiger partial charge in [-0.05, 0) is 55.0 Å². The van der Waals surface area contributed by atoms with Gasteiger partial charge in [0.05, 0.1) is 24.1 Å². The first kappa shape index (κ1) is 17.5. The Morgan fingerprint density at radius 3 is 2.78 bits per heavy atom. The van der Waals surface area contributed by atoms with Crippen LogP contribution >= 0.6 is 15.9 Å². The number of nitrogens with one attached hydrogen (secondary N) is 1. The molecule has 5 nitrogen and oxygen atoms in total. The molecular formula is C21H18BrN3O2. The molecule has 0 saturated heterocycles. The average Bonchev–Trinajstić information content (AvgIpc) is 2.97. The van der Waals surface area contributed by atoms with Gasteiger partial charge in [-0.1, -0.05) is 22.0 Å². The second kappa shape index (κ2) is 7.04. The van der Waals surface area contributed by atoms with Gasteiger partial charge in [0.1, 0.15) is 5.75 Å². The van der Waals surface area contributed by atoms with Crippen LogP contribution in [0.5, 0.6) is 5.75 Å². The van der Waals surface area contributed by atoms with E-state index in [9.17, 15) is 4.79 Å². The van der Waals surface area contributed by atoms with E-state index in [1.807, 2.05) is 55.5 Å². The summed E-state index contributed by atoms with van der Waals surface area (Å²) >= 11 is 3.52. The first-order chi connectivity index (χ1) is 13.1. The maximum absolute atomic E-state index is 13.1. The van der Waals surface area contributed by atoms with Crippen LogP contribution in [0.25, 0.3) is 0 Å². The number of aromatic nitrogens is 1. The summed E-state index contributed by atoms with van der Waals surface area (Å²) in [6, 6.07) is 17.1. The highest BCUT2D eigenvalue weighted by Crippen LogP contribution is 2.38. The van der Waals surface area contributed by atoms with Crippen molar-refractivity contribution in [2.24, 2.45) is 0 Å². The number of hydrogen-bond donors (Lipinski definition) is 1. The fourth-order valence-electron chi connectivity index (χ4n) is 3.24. The van der Waals surface area contributed by atoms with E-state index in [0.717, 1.165) is 21.4 Å². The molecule has 1 aliphatic heterocycles. The summed E-state index contributed by atoms with van der Waals surface area (Å²) in [6.45, 7) is 2.03. The Kier molecular flexibility index (Phi) is 4.58. The molecule has 0 fully saturated rings. The fraction of sp³-hybridized carbons (Fsp3) is 0.143. The number of anilines is 2. The van der Waals surface area contributed by atoms with Crippen LogP contribution in [-0.2, 0) is 0 Å². The van der Waals surface area contributed by atoms with Crippen LogP contribution in [0, 0.1) is 6.92 Å². The second-order valence-corrected chi connectivity index (χ2v) is 7.18. The number of rotatable bonds is 4. The third kappa shape index (κ3) is 3.17. The van der Waals surface area contributed by atoms with Gasteiger partial charge in [0.25, 0.3) is 5.91 Å². The van der Waals surface area contributed by atoms with Gasteiger partial charge in [0, 0.05) is 22.4 Å². The van der Waals surface area contributed by atoms with E-state index < -0.39 is 6.17 Å². The van der Waals surface area contributed by atoms with Crippen molar-refractivity contribution in [3.8, 4) is 5.75 Å². The number of ether oxygens (including phenoxy) is 1. The van der Waals surface area contributed by atoms with Crippen LogP contribution < -0.4 is 15.0 Å². The highest BCUT2D eigenvalue weighted by Gasteiger charge is 2.39. The Hall–Kier alpha value is -2.86. The molecule has 1 aliphatic rings. The van der Waals surface area contributed by atoms with E-state index in [0.29, 0.717) is 17.0 Å². The van der Waals surface area contributed by atoms with Crippen molar-refractivity contribution in [1.29, 1.82) is 0 Å². The maximum Gasteiger partial charge on any atom is 0.262 e. The standard InChI is InChI=1S/C21H18BrN3O2/c1-13-11-14(8-9-18(13)22)24-20-19-17(7-4-10-23-19)21(26)25(20)15-5-3-6-16(12-15)27-2/h3-12,20,24H,1-2H3/t20-/m0/s1. The smallest absolute Gasteiger partial charge is 0.262 e.